The van der Waals surface area contributed by atoms with E-state index in [2.05, 4.69) is 41.8 Å². The van der Waals surface area contributed by atoms with Gasteiger partial charge in [0, 0.05) is 5.56 Å². The minimum Gasteiger partial charge on any atom is -0.480 e. The van der Waals surface area contributed by atoms with E-state index in [1.54, 1.807) is 6.07 Å². The highest BCUT2D eigenvalue weighted by molar-refractivity contribution is 5.98. The Labute approximate surface area is 202 Å². The number of amides is 1. The molecule has 0 spiro atoms. The average Bonchev–Trinajstić information content (AvgIpc) is 3.11. The summed E-state index contributed by atoms with van der Waals surface area (Å²) in [5.74, 6) is -0.915. The van der Waals surface area contributed by atoms with Crippen molar-refractivity contribution < 1.29 is 14.7 Å². The molecule has 2 aliphatic carbocycles. The highest BCUT2D eigenvalue weighted by atomic mass is 16.4. The molecule has 0 bridgehead atoms. The molecule has 1 amide bonds. The quantitative estimate of drug-likeness (QED) is 0.496. The van der Waals surface area contributed by atoms with Crippen LogP contribution in [0.5, 0.6) is 0 Å². The van der Waals surface area contributed by atoms with Gasteiger partial charge in [-0.2, -0.15) is 0 Å². The van der Waals surface area contributed by atoms with Gasteiger partial charge < -0.3 is 10.4 Å². The van der Waals surface area contributed by atoms with Crippen molar-refractivity contribution in [2.75, 3.05) is 0 Å². The van der Waals surface area contributed by atoms with Crippen molar-refractivity contribution in [3.63, 3.8) is 0 Å². The van der Waals surface area contributed by atoms with Crippen molar-refractivity contribution >= 4 is 23.0 Å². The van der Waals surface area contributed by atoms with Crippen molar-refractivity contribution in [1.29, 1.82) is 0 Å². The standard InChI is InChI=1S/C30H33NO3/c1-21-15-16-26(29(32)31-28(30(33)34)19-22-9-4-2-5-10-22)20-27(21)25-14-8-13-24(17-18-25)23-11-6-3-7-12-23/h3,6-7,11-18,20,22,28H,2,4-5,8-10,19H2,1H3,(H,31,32)(H,33,34). The fourth-order valence-electron chi connectivity index (χ4n) is 4.97. The molecule has 0 aromatic heterocycles. The van der Waals surface area contributed by atoms with Crippen LogP contribution in [0.4, 0.5) is 0 Å². The molecule has 2 aliphatic rings. The van der Waals surface area contributed by atoms with Crippen LogP contribution < -0.4 is 5.32 Å². The normalized spacial score (nSPS) is 17.3. The summed E-state index contributed by atoms with van der Waals surface area (Å²) in [4.78, 5) is 24.9. The van der Waals surface area contributed by atoms with Crippen LogP contribution in [0.25, 0.3) is 11.1 Å². The molecule has 4 rings (SSSR count). The summed E-state index contributed by atoms with van der Waals surface area (Å²) >= 11 is 0. The summed E-state index contributed by atoms with van der Waals surface area (Å²) in [5.41, 5.74) is 5.97. The summed E-state index contributed by atoms with van der Waals surface area (Å²) in [6.45, 7) is 2.03. The largest absolute Gasteiger partial charge is 0.480 e. The van der Waals surface area contributed by atoms with E-state index >= 15 is 0 Å². The Hall–Kier alpha value is -3.40. The van der Waals surface area contributed by atoms with E-state index in [1.807, 2.05) is 37.3 Å². The second-order valence-corrected chi connectivity index (χ2v) is 9.39. The number of carboxylic acids is 1. The molecule has 2 N–H and O–H groups in total. The van der Waals surface area contributed by atoms with Crippen molar-refractivity contribution in [3.8, 4) is 0 Å². The maximum absolute atomic E-state index is 13.0. The second kappa shape index (κ2) is 11.1. The van der Waals surface area contributed by atoms with Crippen LogP contribution in [0.3, 0.4) is 0 Å². The average molecular weight is 456 g/mol. The van der Waals surface area contributed by atoms with Gasteiger partial charge in [0.1, 0.15) is 6.04 Å². The van der Waals surface area contributed by atoms with E-state index in [0.29, 0.717) is 17.9 Å². The first-order chi connectivity index (χ1) is 16.5. The predicted octanol–water partition coefficient (Wildman–Crippen LogP) is 6.58. The minimum absolute atomic E-state index is 0.328. The van der Waals surface area contributed by atoms with E-state index in [0.717, 1.165) is 48.8 Å². The molecule has 0 heterocycles. The van der Waals surface area contributed by atoms with E-state index in [4.69, 9.17) is 0 Å². The van der Waals surface area contributed by atoms with Crippen molar-refractivity contribution in [2.45, 2.75) is 57.9 Å². The number of rotatable bonds is 7. The van der Waals surface area contributed by atoms with Crippen LogP contribution >= 0.6 is 0 Å². The van der Waals surface area contributed by atoms with E-state index in [9.17, 15) is 14.7 Å². The van der Waals surface area contributed by atoms with Gasteiger partial charge in [-0.25, -0.2) is 4.79 Å². The maximum atomic E-state index is 13.0. The molecule has 4 nitrogen and oxygen atoms in total. The molecule has 1 saturated carbocycles. The number of nitrogens with one attached hydrogen (secondary N) is 1. The van der Waals surface area contributed by atoms with Gasteiger partial charge in [-0.15, -0.1) is 0 Å². The molecule has 1 fully saturated rings. The lowest BCUT2D eigenvalue weighted by Crippen LogP contribution is -2.42. The number of carbonyl (C=O) groups excluding carboxylic acids is 1. The van der Waals surface area contributed by atoms with Crippen LogP contribution in [0.1, 0.15) is 72.0 Å². The Morgan fingerprint density at radius 2 is 1.68 bits per heavy atom. The van der Waals surface area contributed by atoms with Gasteiger partial charge in [0.15, 0.2) is 0 Å². The third-order valence-electron chi connectivity index (χ3n) is 6.93. The lowest BCUT2D eigenvalue weighted by Gasteiger charge is -2.25. The lowest BCUT2D eigenvalue weighted by molar-refractivity contribution is -0.139. The first kappa shape index (κ1) is 23.7. The maximum Gasteiger partial charge on any atom is 0.326 e. The van der Waals surface area contributed by atoms with Gasteiger partial charge in [0.2, 0.25) is 0 Å². The Bertz CT molecular complexity index is 1120. The zero-order valence-corrected chi connectivity index (χ0v) is 19.8. The monoisotopic (exact) mass is 455 g/mol. The first-order valence-electron chi connectivity index (χ1n) is 12.3. The molecule has 176 valence electrons. The summed E-state index contributed by atoms with van der Waals surface area (Å²) in [7, 11) is 0. The number of hydrogen-bond donors (Lipinski definition) is 2. The highest BCUT2D eigenvalue weighted by Gasteiger charge is 2.26. The van der Waals surface area contributed by atoms with Crippen LogP contribution in [0.2, 0.25) is 0 Å². The van der Waals surface area contributed by atoms with Crippen molar-refractivity contribution in [2.24, 2.45) is 5.92 Å². The van der Waals surface area contributed by atoms with Crippen molar-refractivity contribution in [1.82, 2.24) is 5.32 Å². The van der Waals surface area contributed by atoms with Crippen molar-refractivity contribution in [3.05, 3.63) is 95.1 Å². The smallest absolute Gasteiger partial charge is 0.326 e. The molecule has 2 aromatic rings. The zero-order chi connectivity index (χ0) is 23.9. The van der Waals surface area contributed by atoms with E-state index in [-0.39, 0.29) is 5.91 Å². The van der Waals surface area contributed by atoms with Gasteiger partial charge in [0.25, 0.3) is 5.91 Å². The summed E-state index contributed by atoms with van der Waals surface area (Å²) < 4.78 is 0. The topological polar surface area (TPSA) is 66.4 Å². The van der Waals surface area contributed by atoms with Gasteiger partial charge in [0.05, 0.1) is 0 Å². The number of benzene rings is 2. The van der Waals surface area contributed by atoms with Crippen LogP contribution in [-0.2, 0) is 4.79 Å². The molecule has 0 aliphatic heterocycles. The molecule has 0 saturated heterocycles. The Morgan fingerprint density at radius 1 is 0.971 bits per heavy atom. The highest BCUT2D eigenvalue weighted by Crippen LogP contribution is 2.29. The number of carboxylic acid groups (broad SMARTS) is 1. The number of aliphatic carboxylic acids is 1. The third-order valence-corrected chi connectivity index (χ3v) is 6.93. The minimum atomic E-state index is -0.958. The summed E-state index contributed by atoms with van der Waals surface area (Å²) in [6.07, 6.45) is 15.5. The second-order valence-electron chi connectivity index (χ2n) is 9.39. The molecule has 1 atom stereocenters. The van der Waals surface area contributed by atoms with E-state index < -0.39 is 12.0 Å². The van der Waals surface area contributed by atoms with Gasteiger partial charge in [-0.3, -0.25) is 4.79 Å². The fraction of sp³-hybridized carbons (Fsp3) is 0.333. The Kier molecular flexibility index (Phi) is 7.79. The summed E-state index contributed by atoms with van der Waals surface area (Å²) in [5, 5.41) is 12.5. The molecule has 34 heavy (non-hydrogen) atoms. The SMILES string of the molecule is Cc1ccc(C(=O)NC(CC2CCCCC2)C(=O)O)cc1C1=CCC=C(c2ccccc2)C=C1. The number of allylic oxidation sites excluding steroid dienone is 6. The third kappa shape index (κ3) is 5.93. The Morgan fingerprint density at radius 3 is 2.41 bits per heavy atom. The molecular formula is C30H33NO3. The predicted molar refractivity (Wildman–Crippen MR) is 137 cm³/mol. The molecule has 4 heteroatoms. The molecule has 2 aromatic carbocycles. The number of aryl methyl sites for hydroxylation is 1. The zero-order valence-electron chi connectivity index (χ0n) is 19.8. The van der Waals surface area contributed by atoms with Gasteiger partial charge in [-0.05, 0) is 65.7 Å². The van der Waals surface area contributed by atoms with Crippen LogP contribution in [-0.4, -0.2) is 23.0 Å². The van der Waals surface area contributed by atoms with Gasteiger partial charge in [-0.1, -0.05) is 92.8 Å². The van der Waals surface area contributed by atoms with Crippen LogP contribution in [0.15, 0.2) is 72.8 Å². The van der Waals surface area contributed by atoms with E-state index in [1.165, 1.54) is 17.6 Å². The fourth-order valence-corrected chi connectivity index (χ4v) is 4.97. The summed E-state index contributed by atoms with van der Waals surface area (Å²) in [6, 6.07) is 15.0. The first-order valence-corrected chi connectivity index (χ1v) is 12.3. The van der Waals surface area contributed by atoms with Crippen LogP contribution in [0, 0.1) is 12.8 Å². The lowest BCUT2D eigenvalue weighted by atomic mass is 9.84. The number of carbonyl (C=O) groups is 2. The van der Waals surface area contributed by atoms with Gasteiger partial charge >= 0.3 is 5.97 Å². The Balaban J connectivity index is 1.49. The molecule has 1 unspecified atom stereocenters. The molecular weight excluding hydrogens is 422 g/mol. The molecule has 0 radical (unpaired) electrons. The number of hydrogen-bond acceptors (Lipinski definition) is 2.